The van der Waals surface area contributed by atoms with Gasteiger partial charge in [0.25, 0.3) is 0 Å². The molecule has 0 spiro atoms. The molecular formula is C15H29NO2. The Balaban J connectivity index is 2.26. The molecule has 106 valence electrons. The number of amides is 1. The molecule has 18 heavy (non-hydrogen) atoms. The summed E-state index contributed by atoms with van der Waals surface area (Å²) < 4.78 is 0. The average Bonchev–Trinajstić information content (AvgIpc) is 2.28. The fourth-order valence-electron chi connectivity index (χ4n) is 2.67. The Labute approximate surface area is 111 Å². The summed E-state index contributed by atoms with van der Waals surface area (Å²) in [5, 5.41) is 12.4. The Kier molecular flexibility index (Phi) is 6.13. The molecule has 2 unspecified atom stereocenters. The number of aliphatic hydroxyl groups excluding tert-OH is 1. The van der Waals surface area contributed by atoms with Gasteiger partial charge in [0.2, 0.25) is 5.91 Å². The van der Waals surface area contributed by atoms with Gasteiger partial charge in [0.15, 0.2) is 0 Å². The third kappa shape index (κ3) is 5.85. The van der Waals surface area contributed by atoms with Crippen LogP contribution in [-0.2, 0) is 4.79 Å². The van der Waals surface area contributed by atoms with Crippen molar-refractivity contribution in [3.05, 3.63) is 0 Å². The zero-order valence-corrected chi connectivity index (χ0v) is 12.2. The van der Waals surface area contributed by atoms with Crippen LogP contribution in [0.15, 0.2) is 0 Å². The van der Waals surface area contributed by atoms with Gasteiger partial charge in [0.05, 0.1) is 0 Å². The number of aliphatic hydroxyl groups is 1. The van der Waals surface area contributed by atoms with E-state index >= 15 is 0 Å². The molecule has 1 saturated carbocycles. The zero-order valence-electron chi connectivity index (χ0n) is 12.2. The first-order chi connectivity index (χ1) is 8.42. The quantitative estimate of drug-likeness (QED) is 0.793. The van der Waals surface area contributed by atoms with Crippen LogP contribution in [0.1, 0.15) is 65.7 Å². The van der Waals surface area contributed by atoms with Gasteiger partial charge in [-0.25, -0.2) is 0 Å². The summed E-state index contributed by atoms with van der Waals surface area (Å²) in [5.41, 5.74) is 0.304. The number of hydrogen-bond donors (Lipinski definition) is 2. The van der Waals surface area contributed by atoms with Crippen molar-refractivity contribution in [1.82, 2.24) is 5.32 Å². The second kappa shape index (κ2) is 7.13. The SMILES string of the molecule is CC(C)(C)CCCC(=O)NC1CCCCC1CO. The second-order valence-electron chi connectivity index (χ2n) is 6.82. The number of hydrogen-bond acceptors (Lipinski definition) is 2. The van der Waals surface area contributed by atoms with Crippen molar-refractivity contribution in [2.75, 3.05) is 6.61 Å². The van der Waals surface area contributed by atoms with Gasteiger partial charge in [-0.15, -0.1) is 0 Å². The summed E-state index contributed by atoms with van der Waals surface area (Å²) in [7, 11) is 0. The zero-order chi connectivity index (χ0) is 13.6. The highest BCUT2D eigenvalue weighted by atomic mass is 16.3. The van der Waals surface area contributed by atoms with E-state index < -0.39 is 0 Å². The lowest BCUT2D eigenvalue weighted by Gasteiger charge is -2.31. The van der Waals surface area contributed by atoms with Crippen LogP contribution < -0.4 is 5.32 Å². The minimum atomic E-state index is 0.157. The van der Waals surface area contributed by atoms with E-state index in [0.717, 1.165) is 25.7 Å². The molecule has 0 aromatic carbocycles. The molecule has 2 N–H and O–H groups in total. The third-order valence-corrected chi connectivity index (χ3v) is 3.82. The third-order valence-electron chi connectivity index (χ3n) is 3.82. The summed E-state index contributed by atoms with van der Waals surface area (Å²) in [6.07, 6.45) is 7.07. The highest BCUT2D eigenvalue weighted by molar-refractivity contribution is 5.76. The van der Waals surface area contributed by atoms with Crippen molar-refractivity contribution in [3.8, 4) is 0 Å². The molecule has 0 radical (unpaired) electrons. The minimum Gasteiger partial charge on any atom is -0.396 e. The van der Waals surface area contributed by atoms with Gasteiger partial charge in [-0.1, -0.05) is 33.6 Å². The highest BCUT2D eigenvalue weighted by Gasteiger charge is 2.25. The van der Waals surface area contributed by atoms with Crippen LogP contribution >= 0.6 is 0 Å². The first-order valence-electron chi connectivity index (χ1n) is 7.32. The van der Waals surface area contributed by atoms with E-state index in [1.54, 1.807) is 0 Å². The van der Waals surface area contributed by atoms with Crippen molar-refractivity contribution in [2.24, 2.45) is 11.3 Å². The normalized spacial score (nSPS) is 24.9. The maximum absolute atomic E-state index is 11.9. The van der Waals surface area contributed by atoms with E-state index in [9.17, 15) is 9.90 Å². The largest absolute Gasteiger partial charge is 0.396 e. The van der Waals surface area contributed by atoms with Gasteiger partial charge in [-0.05, 0) is 31.1 Å². The van der Waals surface area contributed by atoms with E-state index in [0.29, 0.717) is 11.8 Å². The molecule has 2 atom stereocenters. The average molecular weight is 255 g/mol. The lowest BCUT2D eigenvalue weighted by Crippen LogP contribution is -2.43. The molecule has 1 amide bonds. The van der Waals surface area contributed by atoms with Crippen molar-refractivity contribution in [1.29, 1.82) is 0 Å². The van der Waals surface area contributed by atoms with Crippen molar-refractivity contribution in [3.63, 3.8) is 0 Å². The molecule has 0 saturated heterocycles. The van der Waals surface area contributed by atoms with Crippen LogP contribution in [-0.4, -0.2) is 23.7 Å². The number of rotatable bonds is 5. The molecule has 1 aliphatic rings. The monoisotopic (exact) mass is 255 g/mol. The molecule has 0 heterocycles. The number of carbonyl (C=O) groups is 1. The molecule has 0 aromatic rings. The molecule has 1 aliphatic carbocycles. The van der Waals surface area contributed by atoms with Crippen molar-refractivity contribution in [2.45, 2.75) is 71.8 Å². The van der Waals surface area contributed by atoms with E-state index in [1.807, 2.05) is 0 Å². The second-order valence-corrected chi connectivity index (χ2v) is 6.82. The lowest BCUT2D eigenvalue weighted by molar-refractivity contribution is -0.122. The smallest absolute Gasteiger partial charge is 0.220 e. The summed E-state index contributed by atoms with van der Waals surface area (Å²) in [5.74, 6) is 0.426. The molecule has 0 bridgehead atoms. The van der Waals surface area contributed by atoms with E-state index in [1.165, 1.54) is 12.8 Å². The Bertz CT molecular complexity index is 258. The summed E-state index contributed by atoms with van der Waals surface area (Å²) in [4.78, 5) is 11.9. The highest BCUT2D eigenvalue weighted by Crippen LogP contribution is 2.24. The van der Waals surface area contributed by atoms with Crippen LogP contribution in [0.4, 0.5) is 0 Å². The van der Waals surface area contributed by atoms with Crippen molar-refractivity contribution >= 4 is 5.91 Å². The van der Waals surface area contributed by atoms with Gasteiger partial charge in [0.1, 0.15) is 0 Å². The molecule has 3 nitrogen and oxygen atoms in total. The van der Waals surface area contributed by atoms with Crippen LogP contribution in [0.2, 0.25) is 0 Å². The number of nitrogens with one attached hydrogen (secondary N) is 1. The fraction of sp³-hybridized carbons (Fsp3) is 0.933. The predicted octanol–water partition coefficient (Wildman–Crippen LogP) is 2.87. The molecular weight excluding hydrogens is 226 g/mol. The van der Waals surface area contributed by atoms with E-state index in [2.05, 4.69) is 26.1 Å². The Morgan fingerprint density at radius 1 is 1.28 bits per heavy atom. The topological polar surface area (TPSA) is 49.3 Å². The maximum Gasteiger partial charge on any atom is 0.220 e. The fourth-order valence-corrected chi connectivity index (χ4v) is 2.67. The van der Waals surface area contributed by atoms with Gasteiger partial charge < -0.3 is 10.4 Å². The summed E-state index contributed by atoms with van der Waals surface area (Å²) >= 11 is 0. The van der Waals surface area contributed by atoms with Crippen LogP contribution in [0, 0.1) is 11.3 Å². The van der Waals surface area contributed by atoms with E-state index in [4.69, 9.17) is 0 Å². The van der Waals surface area contributed by atoms with Gasteiger partial charge in [-0.3, -0.25) is 4.79 Å². The van der Waals surface area contributed by atoms with Crippen LogP contribution in [0.5, 0.6) is 0 Å². The Morgan fingerprint density at radius 2 is 1.94 bits per heavy atom. The molecule has 1 fully saturated rings. The van der Waals surface area contributed by atoms with Crippen LogP contribution in [0.3, 0.4) is 0 Å². The summed E-state index contributed by atoms with van der Waals surface area (Å²) in [6.45, 7) is 6.81. The lowest BCUT2D eigenvalue weighted by atomic mass is 9.85. The molecule has 3 heteroatoms. The van der Waals surface area contributed by atoms with Gasteiger partial charge in [0, 0.05) is 25.0 Å². The van der Waals surface area contributed by atoms with Gasteiger partial charge in [-0.2, -0.15) is 0 Å². The minimum absolute atomic E-state index is 0.157. The van der Waals surface area contributed by atoms with Crippen molar-refractivity contribution < 1.29 is 9.90 Å². The Hall–Kier alpha value is -0.570. The molecule has 1 rings (SSSR count). The predicted molar refractivity (Wildman–Crippen MR) is 74.3 cm³/mol. The molecule has 0 aromatic heterocycles. The number of carbonyl (C=O) groups excluding carboxylic acids is 1. The van der Waals surface area contributed by atoms with E-state index in [-0.39, 0.29) is 24.5 Å². The first-order valence-corrected chi connectivity index (χ1v) is 7.32. The Morgan fingerprint density at radius 3 is 2.56 bits per heavy atom. The standard InChI is InChI=1S/C15H29NO2/c1-15(2,3)10-6-9-14(18)16-13-8-5-4-7-12(13)11-17/h12-13,17H,4-11H2,1-3H3,(H,16,18). The first kappa shape index (κ1) is 15.5. The van der Waals surface area contributed by atoms with Gasteiger partial charge >= 0.3 is 0 Å². The maximum atomic E-state index is 11.9. The molecule has 0 aliphatic heterocycles. The van der Waals surface area contributed by atoms with Crippen LogP contribution in [0.25, 0.3) is 0 Å². The summed E-state index contributed by atoms with van der Waals surface area (Å²) in [6, 6.07) is 0.200.